The summed E-state index contributed by atoms with van der Waals surface area (Å²) in [5.41, 5.74) is 1.15. The summed E-state index contributed by atoms with van der Waals surface area (Å²) in [6.07, 6.45) is 3.02. The molecule has 2 aliphatic rings. The van der Waals surface area contributed by atoms with Gasteiger partial charge in [0.15, 0.2) is 5.69 Å². The van der Waals surface area contributed by atoms with Crippen molar-refractivity contribution in [1.29, 1.82) is 0 Å². The second kappa shape index (κ2) is 5.70. The van der Waals surface area contributed by atoms with Gasteiger partial charge in [0.1, 0.15) is 0 Å². The molecule has 0 saturated carbocycles. The zero-order valence-electron chi connectivity index (χ0n) is 13.8. The van der Waals surface area contributed by atoms with Crippen LogP contribution < -0.4 is 5.56 Å². The molecule has 6 heteroatoms. The number of likely N-dealkylation sites (tertiary alicyclic amines) is 1. The molecule has 2 fully saturated rings. The summed E-state index contributed by atoms with van der Waals surface area (Å²) >= 11 is 0. The number of amides is 1. The fraction of sp³-hybridized carbons (Fsp3) is 0.500. The van der Waals surface area contributed by atoms with E-state index in [0.29, 0.717) is 25.2 Å². The highest BCUT2D eigenvalue weighted by atomic mass is 16.5. The van der Waals surface area contributed by atoms with Crippen LogP contribution >= 0.6 is 0 Å². The number of carbonyl (C=O) groups is 1. The number of hydrogen-bond donors (Lipinski definition) is 0. The lowest BCUT2D eigenvalue weighted by Crippen LogP contribution is -2.48. The molecule has 0 radical (unpaired) electrons. The quantitative estimate of drug-likeness (QED) is 0.798. The molecular formula is C18H21N3O3. The number of aromatic nitrogens is 2. The lowest BCUT2D eigenvalue weighted by atomic mass is 9.79. The first-order chi connectivity index (χ1) is 11.6. The summed E-state index contributed by atoms with van der Waals surface area (Å²) in [7, 11) is 1.69. The van der Waals surface area contributed by atoms with Crippen LogP contribution in [0.1, 0.15) is 29.8 Å². The van der Waals surface area contributed by atoms with E-state index in [9.17, 15) is 9.59 Å². The molecular weight excluding hydrogens is 306 g/mol. The van der Waals surface area contributed by atoms with Crippen LogP contribution in [0.5, 0.6) is 0 Å². The van der Waals surface area contributed by atoms with Gasteiger partial charge < -0.3 is 14.2 Å². The van der Waals surface area contributed by atoms with Gasteiger partial charge in [0.05, 0.1) is 17.6 Å². The summed E-state index contributed by atoms with van der Waals surface area (Å²) in [5.74, 6) is -0.257. The van der Waals surface area contributed by atoms with Crippen molar-refractivity contribution in [2.45, 2.75) is 19.3 Å². The minimum Gasteiger partial charge on any atom is -0.381 e. The third-order valence-corrected chi connectivity index (χ3v) is 5.32. The van der Waals surface area contributed by atoms with Crippen LogP contribution in [-0.2, 0) is 11.8 Å². The molecule has 4 rings (SSSR count). The maximum atomic E-state index is 13.0. The third kappa shape index (κ3) is 2.41. The highest BCUT2D eigenvalue weighted by Gasteiger charge is 2.41. The third-order valence-electron chi connectivity index (χ3n) is 5.32. The number of fused-ring (bicyclic) bond motifs is 1. The molecule has 0 N–H and O–H groups in total. The average Bonchev–Trinajstić information content (AvgIpc) is 3.05. The van der Waals surface area contributed by atoms with Crippen LogP contribution in [0.2, 0.25) is 0 Å². The minimum absolute atomic E-state index is 0.0205. The van der Waals surface area contributed by atoms with Gasteiger partial charge in [0, 0.05) is 32.2 Å². The van der Waals surface area contributed by atoms with Gasteiger partial charge in [-0.2, -0.15) is 0 Å². The molecule has 0 unspecified atom stereocenters. The Morgan fingerprint density at radius 3 is 2.92 bits per heavy atom. The molecule has 126 valence electrons. The lowest BCUT2D eigenvalue weighted by molar-refractivity contribution is 0.0456. The van der Waals surface area contributed by atoms with E-state index in [0.717, 1.165) is 31.4 Å². The molecule has 1 amide bonds. The first kappa shape index (κ1) is 15.3. The highest BCUT2D eigenvalue weighted by Crippen LogP contribution is 2.37. The zero-order chi connectivity index (χ0) is 16.7. The van der Waals surface area contributed by atoms with E-state index in [1.807, 2.05) is 24.3 Å². The molecule has 1 aromatic heterocycles. The Morgan fingerprint density at radius 1 is 1.29 bits per heavy atom. The van der Waals surface area contributed by atoms with Gasteiger partial charge in [0.2, 0.25) is 0 Å². The van der Waals surface area contributed by atoms with Crippen molar-refractivity contribution >= 4 is 16.9 Å². The van der Waals surface area contributed by atoms with Crippen LogP contribution in [-0.4, -0.2) is 46.7 Å². The van der Waals surface area contributed by atoms with Gasteiger partial charge in [-0.1, -0.05) is 12.1 Å². The highest BCUT2D eigenvalue weighted by molar-refractivity contribution is 5.94. The van der Waals surface area contributed by atoms with Crippen LogP contribution in [0.4, 0.5) is 0 Å². The number of hydrogen-bond acceptors (Lipinski definition) is 4. The van der Waals surface area contributed by atoms with E-state index in [1.54, 1.807) is 11.9 Å². The maximum Gasteiger partial charge on any atom is 0.282 e. The summed E-state index contributed by atoms with van der Waals surface area (Å²) in [6, 6.07) is 7.39. The standard InChI is InChI=1S/C18H21N3O3/c1-20-14-6-3-2-5-13(14)19-15(16(20)22)17(23)21-9-4-7-18(11-21)8-10-24-12-18/h2-3,5-6H,4,7-12H2,1H3/t18-/m0/s1. The number of para-hydroxylation sites is 2. The number of ether oxygens (including phenoxy) is 1. The predicted octanol–water partition coefficient (Wildman–Crippen LogP) is 1.58. The molecule has 6 nitrogen and oxygen atoms in total. The largest absolute Gasteiger partial charge is 0.381 e. The van der Waals surface area contributed by atoms with Gasteiger partial charge >= 0.3 is 0 Å². The van der Waals surface area contributed by atoms with Gasteiger partial charge in [-0.25, -0.2) is 4.98 Å². The Hall–Kier alpha value is -2.21. The molecule has 3 heterocycles. The van der Waals surface area contributed by atoms with Crippen molar-refractivity contribution in [2.24, 2.45) is 12.5 Å². The molecule has 1 aromatic carbocycles. The van der Waals surface area contributed by atoms with E-state index in [2.05, 4.69) is 4.98 Å². The monoisotopic (exact) mass is 327 g/mol. The van der Waals surface area contributed by atoms with Gasteiger partial charge in [-0.05, 0) is 31.4 Å². The Labute approximate surface area is 140 Å². The Morgan fingerprint density at radius 2 is 2.12 bits per heavy atom. The summed E-state index contributed by atoms with van der Waals surface area (Å²) in [5, 5.41) is 0. The lowest BCUT2D eigenvalue weighted by Gasteiger charge is -2.39. The second-order valence-corrected chi connectivity index (χ2v) is 6.95. The van der Waals surface area contributed by atoms with Crippen molar-refractivity contribution < 1.29 is 9.53 Å². The van der Waals surface area contributed by atoms with Crippen LogP contribution in [0.15, 0.2) is 29.1 Å². The Kier molecular flexibility index (Phi) is 3.64. The smallest absolute Gasteiger partial charge is 0.282 e. The normalized spacial score (nSPS) is 24.0. The first-order valence-corrected chi connectivity index (χ1v) is 8.42. The number of benzene rings is 1. The van der Waals surface area contributed by atoms with E-state index in [1.165, 1.54) is 4.57 Å². The topological polar surface area (TPSA) is 64.4 Å². The predicted molar refractivity (Wildman–Crippen MR) is 90.0 cm³/mol. The van der Waals surface area contributed by atoms with Gasteiger partial charge in [-0.3, -0.25) is 9.59 Å². The molecule has 24 heavy (non-hydrogen) atoms. The van der Waals surface area contributed by atoms with Crippen molar-refractivity contribution in [3.63, 3.8) is 0 Å². The van der Waals surface area contributed by atoms with Gasteiger partial charge in [-0.15, -0.1) is 0 Å². The Bertz CT molecular complexity index is 852. The van der Waals surface area contributed by atoms with Crippen LogP contribution in [0, 0.1) is 5.41 Å². The number of aryl methyl sites for hydroxylation is 1. The molecule has 2 aromatic rings. The van der Waals surface area contributed by atoms with E-state index in [-0.39, 0.29) is 22.6 Å². The SMILES string of the molecule is Cn1c(=O)c(C(=O)N2CCC[C@]3(CCOC3)C2)nc2ccccc21. The Balaban J connectivity index is 1.70. The molecule has 2 saturated heterocycles. The average molecular weight is 327 g/mol. The minimum atomic E-state index is -0.332. The summed E-state index contributed by atoms with van der Waals surface area (Å²) in [4.78, 5) is 31.7. The van der Waals surface area contributed by atoms with Crippen molar-refractivity contribution in [3.05, 3.63) is 40.3 Å². The molecule has 0 bridgehead atoms. The van der Waals surface area contributed by atoms with Crippen molar-refractivity contribution in [2.75, 3.05) is 26.3 Å². The molecule has 0 aliphatic carbocycles. The van der Waals surface area contributed by atoms with E-state index in [4.69, 9.17) is 4.74 Å². The van der Waals surface area contributed by atoms with E-state index >= 15 is 0 Å². The summed E-state index contributed by atoms with van der Waals surface area (Å²) < 4.78 is 7.06. The van der Waals surface area contributed by atoms with Crippen molar-refractivity contribution in [1.82, 2.24) is 14.5 Å². The number of nitrogens with zero attached hydrogens (tertiary/aromatic N) is 3. The first-order valence-electron chi connectivity index (χ1n) is 8.42. The second-order valence-electron chi connectivity index (χ2n) is 6.95. The summed E-state index contributed by atoms with van der Waals surface area (Å²) in [6.45, 7) is 2.81. The van der Waals surface area contributed by atoms with Crippen LogP contribution in [0.25, 0.3) is 11.0 Å². The molecule has 2 aliphatic heterocycles. The number of rotatable bonds is 1. The maximum absolute atomic E-state index is 13.0. The van der Waals surface area contributed by atoms with Gasteiger partial charge in [0.25, 0.3) is 11.5 Å². The van der Waals surface area contributed by atoms with E-state index < -0.39 is 0 Å². The van der Waals surface area contributed by atoms with Crippen molar-refractivity contribution in [3.8, 4) is 0 Å². The number of piperidine rings is 1. The molecule has 1 spiro atoms. The molecule has 1 atom stereocenters. The fourth-order valence-electron chi connectivity index (χ4n) is 3.92. The zero-order valence-corrected chi connectivity index (χ0v) is 13.8. The fourth-order valence-corrected chi connectivity index (χ4v) is 3.92. The number of carbonyl (C=O) groups excluding carboxylic acids is 1. The van der Waals surface area contributed by atoms with Crippen LogP contribution in [0.3, 0.4) is 0 Å².